The fraction of sp³-hybridized carbons (Fsp3) is 0.545. The van der Waals surface area contributed by atoms with Gasteiger partial charge in [-0.3, -0.25) is 0 Å². The van der Waals surface area contributed by atoms with Crippen molar-refractivity contribution in [2.45, 2.75) is 49.5 Å². The monoisotopic (exact) mass is 493 g/mol. The third-order valence-electron chi connectivity index (χ3n) is 6.36. The minimum Gasteiger partial charge on any atom is -0.380 e. The summed E-state index contributed by atoms with van der Waals surface area (Å²) in [5.41, 5.74) is 3.14. The molecule has 2 aliphatic heterocycles. The van der Waals surface area contributed by atoms with E-state index >= 15 is 4.39 Å². The summed E-state index contributed by atoms with van der Waals surface area (Å²) in [5, 5.41) is 0.761. The summed E-state index contributed by atoms with van der Waals surface area (Å²) in [6.07, 6.45) is 6.23. The van der Waals surface area contributed by atoms with Gasteiger partial charge in [0, 0.05) is 37.2 Å². The largest absolute Gasteiger partial charge is 0.380 e. The van der Waals surface area contributed by atoms with Crippen molar-refractivity contribution in [2.24, 2.45) is 0 Å². The molecule has 1 aromatic carbocycles. The van der Waals surface area contributed by atoms with Crippen LogP contribution in [0.25, 0.3) is 0 Å². The Morgan fingerprint density at radius 2 is 2.10 bits per heavy atom. The number of fused-ring (bicyclic) bond motifs is 3. The zero-order valence-corrected chi connectivity index (χ0v) is 19.5. The van der Waals surface area contributed by atoms with E-state index in [1.165, 1.54) is 0 Å². The molecule has 1 fully saturated rings. The van der Waals surface area contributed by atoms with Crippen molar-refractivity contribution in [2.75, 3.05) is 37.5 Å². The second kappa shape index (κ2) is 8.37. The molecular formula is C22H25BrFN3O2S. The van der Waals surface area contributed by atoms with Crippen molar-refractivity contribution in [3.63, 3.8) is 0 Å². The highest BCUT2D eigenvalue weighted by Crippen LogP contribution is 2.47. The van der Waals surface area contributed by atoms with Crippen LogP contribution in [0.15, 0.2) is 21.8 Å². The highest BCUT2D eigenvalue weighted by atomic mass is 79.9. The van der Waals surface area contributed by atoms with Gasteiger partial charge in [0.2, 0.25) is 0 Å². The van der Waals surface area contributed by atoms with Crippen LogP contribution < -0.4 is 4.90 Å². The molecule has 8 heteroatoms. The zero-order chi connectivity index (χ0) is 20.7. The van der Waals surface area contributed by atoms with E-state index in [1.807, 2.05) is 12.3 Å². The molecule has 1 aromatic heterocycles. The molecule has 1 spiro atoms. The van der Waals surface area contributed by atoms with Crippen LogP contribution in [0, 0.1) is 5.82 Å². The fourth-order valence-electron chi connectivity index (χ4n) is 4.93. The van der Waals surface area contributed by atoms with Crippen molar-refractivity contribution in [3.8, 4) is 0 Å². The average molecular weight is 494 g/mol. The molecule has 30 heavy (non-hydrogen) atoms. The van der Waals surface area contributed by atoms with Gasteiger partial charge in [-0.1, -0.05) is 17.8 Å². The van der Waals surface area contributed by atoms with E-state index in [1.54, 1.807) is 17.8 Å². The van der Waals surface area contributed by atoms with Crippen LogP contribution in [-0.2, 0) is 34.5 Å². The summed E-state index contributed by atoms with van der Waals surface area (Å²) < 4.78 is 27.9. The molecule has 3 heterocycles. The van der Waals surface area contributed by atoms with E-state index in [0.717, 1.165) is 73.2 Å². The van der Waals surface area contributed by atoms with E-state index in [4.69, 9.17) is 19.4 Å². The molecule has 1 aliphatic carbocycles. The highest BCUT2D eigenvalue weighted by Gasteiger charge is 2.45. The summed E-state index contributed by atoms with van der Waals surface area (Å²) in [4.78, 5) is 12.0. The van der Waals surface area contributed by atoms with Gasteiger partial charge < -0.3 is 14.4 Å². The lowest BCUT2D eigenvalue weighted by molar-refractivity contribution is -0.0878. The average Bonchev–Trinajstić information content (AvgIpc) is 3.05. The Hall–Kier alpha value is -1.22. The van der Waals surface area contributed by atoms with E-state index in [0.29, 0.717) is 29.7 Å². The summed E-state index contributed by atoms with van der Waals surface area (Å²) in [6.45, 7) is 3.61. The van der Waals surface area contributed by atoms with Crippen molar-refractivity contribution in [1.82, 2.24) is 9.97 Å². The normalized spacial score (nSPS) is 23.8. The first kappa shape index (κ1) is 20.7. The van der Waals surface area contributed by atoms with Crippen molar-refractivity contribution in [1.29, 1.82) is 0 Å². The number of anilines is 1. The van der Waals surface area contributed by atoms with Crippen molar-refractivity contribution < 1.29 is 13.9 Å². The molecular weight excluding hydrogens is 469 g/mol. The predicted octanol–water partition coefficient (Wildman–Crippen LogP) is 4.63. The van der Waals surface area contributed by atoms with Gasteiger partial charge in [-0.05, 0) is 59.5 Å². The Morgan fingerprint density at radius 3 is 2.97 bits per heavy atom. The van der Waals surface area contributed by atoms with Crippen LogP contribution in [0.4, 0.5) is 10.2 Å². The molecule has 0 radical (unpaired) electrons. The Morgan fingerprint density at radius 1 is 1.20 bits per heavy atom. The number of nitrogens with zero attached hydrogens (tertiary/aromatic N) is 3. The van der Waals surface area contributed by atoms with Crippen molar-refractivity contribution in [3.05, 3.63) is 44.8 Å². The Kier molecular flexibility index (Phi) is 5.77. The molecule has 5 nitrogen and oxygen atoms in total. The molecule has 0 amide bonds. The smallest absolute Gasteiger partial charge is 0.189 e. The van der Waals surface area contributed by atoms with E-state index in [9.17, 15) is 0 Å². The highest BCUT2D eigenvalue weighted by molar-refractivity contribution is 9.10. The molecule has 1 unspecified atom stereocenters. The van der Waals surface area contributed by atoms with Gasteiger partial charge in [-0.25, -0.2) is 14.4 Å². The fourth-order valence-corrected chi connectivity index (χ4v) is 5.64. The summed E-state index contributed by atoms with van der Waals surface area (Å²) in [5.74, 6) is 0.759. The maximum Gasteiger partial charge on any atom is 0.189 e. The standard InChI is InChI=1S/C22H25BrFN3O2S/c1-30-21-25-17-12-22(7-2-4-14-5-6-16(23)19(24)18(14)22)29-13-15(17)20(26-21)27-8-3-10-28-11-9-27/h5-6H,2-4,7-13H2,1H3. The quantitative estimate of drug-likeness (QED) is 0.448. The minimum absolute atomic E-state index is 0.195. The van der Waals surface area contributed by atoms with E-state index in [2.05, 4.69) is 20.8 Å². The molecule has 0 bridgehead atoms. The number of aromatic nitrogens is 2. The molecule has 1 saturated heterocycles. The van der Waals surface area contributed by atoms with Crippen molar-refractivity contribution >= 4 is 33.5 Å². The van der Waals surface area contributed by atoms with E-state index < -0.39 is 5.60 Å². The number of benzene rings is 1. The molecule has 5 rings (SSSR count). The second-order valence-corrected chi connectivity index (χ2v) is 9.75. The zero-order valence-electron chi connectivity index (χ0n) is 17.0. The number of thioether (sulfide) groups is 1. The lowest BCUT2D eigenvalue weighted by Crippen LogP contribution is -2.41. The molecule has 0 saturated carbocycles. The van der Waals surface area contributed by atoms with Gasteiger partial charge in [-0.2, -0.15) is 0 Å². The van der Waals surface area contributed by atoms with Crippen LogP contribution in [0.3, 0.4) is 0 Å². The van der Waals surface area contributed by atoms with Gasteiger partial charge in [0.05, 0.1) is 23.4 Å². The Bertz CT molecular complexity index is 968. The number of hydrogen-bond donors (Lipinski definition) is 0. The third-order valence-corrected chi connectivity index (χ3v) is 7.52. The first-order valence-electron chi connectivity index (χ1n) is 10.5. The van der Waals surface area contributed by atoms with Crippen LogP contribution in [-0.4, -0.2) is 42.5 Å². The predicted molar refractivity (Wildman–Crippen MR) is 119 cm³/mol. The van der Waals surface area contributed by atoms with Gasteiger partial charge in [0.25, 0.3) is 0 Å². The Balaban J connectivity index is 1.59. The second-order valence-electron chi connectivity index (χ2n) is 8.12. The first-order chi connectivity index (χ1) is 14.6. The summed E-state index contributed by atoms with van der Waals surface area (Å²) >= 11 is 4.92. The van der Waals surface area contributed by atoms with Gasteiger partial charge in [-0.15, -0.1) is 0 Å². The molecule has 160 valence electrons. The topological polar surface area (TPSA) is 47.5 Å². The number of rotatable bonds is 2. The van der Waals surface area contributed by atoms with Gasteiger partial charge in [0.1, 0.15) is 17.2 Å². The number of hydrogen-bond acceptors (Lipinski definition) is 6. The lowest BCUT2D eigenvalue weighted by atomic mass is 9.74. The number of ether oxygens (including phenoxy) is 2. The minimum atomic E-state index is -0.655. The van der Waals surface area contributed by atoms with Crippen LogP contribution in [0.5, 0.6) is 0 Å². The SMILES string of the molecule is CSc1nc2c(c(N3CCCOCC3)n1)COC1(CCCc3ccc(Br)c(F)c31)C2. The molecule has 3 aliphatic rings. The molecule has 2 aromatic rings. The first-order valence-corrected chi connectivity index (χ1v) is 12.5. The molecule has 0 N–H and O–H groups in total. The summed E-state index contributed by atoms with van der Waals surface area (Å²) in [6, 6.07) is 3.83. The summed E-state index contributed by atoms with van der Waals surface area (Å²) in [7, 11) is 0. The van der Waals surface area contributed by atoms with E-state index in [-0.39, 0.29) is 5.82 Å². The van der Waals surface area contributed by atoms with Crippen LogP contribution in [0.1, 0.15) is 41.6 Å². The van der Waals surface area contributed by atoms with Gasteiger partial charge >= 0.3 is 0 Å². The lowest BCUT2D eigenvalue weighted by Gasteiger charge is -2.43. The van der Waals surface area contributed by atoms with Gasteiger partial charge in [0.15, 0.2) is 5.16 Å². The van der Waals surface area contributed by atoms with Crippen LogP contribution >= 0.6 is 27.7 Å². The molecule has 1 atom stereocenters. The number of halogens is 2. The maximum absolute atomic E-state index is 15.3. The third kappa shape index (κ3) is 3.55. The maximum atomic E-state index is 15.3. The Labute approximate surface area is 188 Å². The van der Waals surface area contributed by atoms with Crippen LogP contribution in [0.2, 0.25) is 0 Å². The number of aryl methyl sites for hydroxylation is 1.